The summed E-state index contributed by atoms with van der Waals surface area (Å²) in [5.41, 5.74) is 3.65. The van der Waals surface area contributed by atoms with E-state index in [4.69, 9.17) is 9.47 Å². The standard InChI is InChI=1S/C27H36O4/c1-18(31-24(29)25(2,3)4)21-11-12-22-20-10-9-19-8-6-7-14-27(19,16-30-17-28)23(20)13-15-26(21,22)5/h6-10,17-18,21,23H,11-16H2,1-5H3/t18?,21-,23+,26-,27-/m1/s1. The molecule has 1 saturated carbocycles. The van der Waals surface area contributed by atoms with E-state index in [9.17, 15) is 9.59 Å². The van der Waals surface area contributed by atoms with E-state index in [1.807, 2.05) is 20.8 Å². The maximum absolute atomic E-state index is 12.5. The molecular weight excluding hydrogens is 388 g/mol. The van der Waals surface area contributed by atoms with Crippen molar-refractivity contribution in [2.45, 2.75) is 72.8 Å². The largest absolute Gasteiger partial charge is 0.467 e. The minimum Gasteiger partial charge on any atom is -0.467 e. The zero-order valence-electron chi connectivity index (χ0n) is 19.6. The predicted octanol–water partition coefficient (Wildman–Crippen LogP) is 5.70. The Hall–Kier alpha value is -2.10. The Morgan fingerprint density at radius 1 is 1.29 bits per heavy atom. The summed E-state index contributed by atoms with van der Waals surface area (Å²) in [5.74, 6) is 0.577. The first kappa shape index (κ1) is 22.1. The number of ether oxygens (including phenoxy) is 2. The lowest BCUT2D eigenvalue weighted by Gasteiger charge is -2.51. The van der Waals surface area contributed by atoms with Gasteiger partial charge in [-0.25, -0.2) is 0 Å². The lowest BCUT2D eigenvalue weighted by Crippen LogP contribution is -2.45. The zero-order chi connectivity index (χ0) is 22.4. The molecule has 0 bridgehead atoms. The molecule has 4 nitrogen and oxygen atoms in total. The number of esters is 1. The Kier molecular flexibility index (Phi) is 5.56. The molecule has 168 valence electrons. The van der Waals surface area contributed by atoms with E-state index in [-0.39, 0.29) is 22.9 Å². The molecule has 4 rings (SSSR count). The van der Waals surface area contributed by atoms with Crippen LogP contribution in [-0.4, -0.2) is 25.2 Å². The number of rotatable bonds is 5. The summed E-state index contributed by atoms with van der Waals surface area (Å²) in [6.07, 6.45) is 16.1. The van der Waals surface area contributed by atoms with Gasteiger partial charge in [-0.15, -0.1) is 0 Å². The van der Waals surface area contributed by atoms with E-state index in [0.717, 1.165) is 32.1 Å². The molecule has 0 aromatic carbocycles. The minimum atomic E-state index is -0.485. The van der Waals surface area contributed by atoms with E-state index in [1.165, 1.54) is 16.7 Å². The number of hydrogen-bond acceptors (Lipinski definition) is 4. The topological polar surface area (TPSA) is 52.6 Å². The van der Waals surface area contributed by atoms with Crippen LogP contribution in [0.3, 0.4) is 0 Å². The first-order valence-electron chi connectivity index (χ1n) is 11.7. The second kappa shape index (κ2) is 7.79. The average Bonchev–Trinajstić information content (AvgIpc) is 3.08. The van der Waals surface area contributed by atoms with E-state index in [1.54, 1.807) is 0 Å². The van der Waals surface area contributed by atoms with Crippen molar-refractivity contribution >= 4 is 12.4 Å². The van der Waals surface area contributed by atoms with Gasteiger partial charge in [0.25, 0.3) is 6.47 Å². The van der Waals surface area contributed by atoms with Gasteiger partial charge < -0.3 is 9.47 Å². The zero-order valence-corrected chi connectivity index (χ0v) is 19.6. The molecule has 0 aliphatic heterocycles. The fraction of sp³-hybridized carbons (Fsp3) is 0.630. The molecule has 5 atom stereocenters. The molecule has 4 aliphatic carbocycles. The Bertz CT molecular complexity index is 883. The first-order valence-corrected chi connectivity index (χ1v) is 11.7. The van der Waals surface area contributed by atoms with Crippen molar-refractivity contribution in [3.63, 3.8) is 0 Å². The van der Waals surface area contributed by atoms with Gasteiger partial charge in [0, 0.05) is 11.3 Å². The Morgan fingerprint density at radius 2 is 2.06 bits per heavy atom. The predicted molar refractivity (Wildman–Crippen MR) is 121 cm³/mol. The highest BCUT2D eigenvalue weighted by atomic mass is 16.5. The van der Waals surface area contributed by atoms with E-state index in [2.05, 4.69) is 44.2 Å². The molecule has 4 heteroatoms. The SMILES string of the molecule is CC(OC(=O)C(C)(C)C)[C@H]1CCC2=C3C=CC4=CC=CC[C@]4(COC=O)[C@H]3CC[C@@]21C. The molecule has 0 aromatic rings. The highest BCUT2D eigenvalue weighted by Crippen LogP contribution is 2.63. The quantitative estimate of drug-likeness (QED) is 0.419. The molecule has 0 heterocycles. The van der Waals surface area contributed by atoms with Crippen LogP contribution in [0, 0.1) is 28.1 Å². The van der Waals surface area contributed by atoms with Gasteiger partial charge in [-0.3, -0.25) is 9.59 Å². The summed E-state index contributed by atoms with van der Waals surface area (Å²) in [5, 5.41) is 0. The summed E-state index contributed by atoms with van der Waals surface area (Å²) in [6, 6.07) is 0. The fourth-order valence-corrected chi connectivity index (χ4v) is 6.62. The van der Waals surface area contributed by atoms with E-state index in [0.29, 0.717) is 24.9 Å². The van der Waals surface area contributed by atoms with Gasteiger partial charge in [0.05, 0.1) is 5.41 Å². The van der Waals surface area contributed by atoms with Crippen LogP contribution in [0.25, 0.3) is 0 Å². The molecule has 31 heavy (non-hydrogen) atoms. The third-order valence-corrected chi connectivity index (χ3v) is 8.35. The Balaban J connectivity index is 1.67. The highest BCUT2D eigenvalue weighted by Gasteiger charge is 2.55. The normalized spacial score (nSPS) is 34.9. The third-order valence-electron chi connectivity index (χ3n) is 8.35. The number of hydrogen-bond donors (Lipinski definition) is 0. The van der Waals surface area contributed by atoms with Crippen molar-refractivity contribution in [3.8, 4) is 0 Å². The van der Waals surface area contributed by atoms with Crippen molar-refractivity contribution in [2.75, 3.05) is 6.61 Å². The van der Waals surface area contributed by atoms with E-state index < -0.39 is 5.41 Å². The molecular formula is C27H36O4. The summed E-state index contributed by atoms with van der Waals surface area (Å²) in [7, 11) is 0. The van der Waals surface area contributed by atoms with Gasteiger partial charge in [0.15, 0.2) is 0 Å². The Labute approximate surface area is 186 Å². The molecule has 4 aliphatic rings. The number of carbonyl (C=O) groups excluding carboxylic acids is 2. The van der Waals surface area contributed by atoms with Crippen LogP contribution in [-0.2, 0) is 19.1 Å². The van der Waals surface area contributed by atoms with E-state index >= 15 is 0 Å². The summed E-state index contributed by atoms with van der Waals surface area (Å²) in [6.45, 7) is 11.2. The van der Waals surface area contributed by atoms with Crippen LogP contribution < -0.4 is 0 Å². The van der Waals surface area contributed by atoms with Crippen molar-refractivity contribution in [3.05, 3.63) is 47.1 Å². The van der Waals surface area contributed by atoms with Crippen LogP contribution in [0.1, 0.15) is 66.7 Å². The maximum Gasteiger partial charge on any atom is 0.311 e. The lowest BCUT2D eigenvalue weighted by molar-refractivity contribution is -0.162. The van der Waals surface area contributed by atoms with Crippen LogP contribution >= 0.6 is 0 Å². The molecule has 1 fully saturated rings. The van der Waals surface area contributed by atoms with Gasteiger partial charge in [-0.05, 0) is 82.3 Å². The minimum absolute atomic E-state index is 0.0478. The van der Waals surface area contributed by atoms with Crippen LogP contribution in [0.5, 0.6) is 0 Å². The van der Waals surface area contributed by atoms with Gasteiger partial charge in [0.2, 0.25) is 0 Å². The van der Waals surface area contributed by atoms with Crippen LogP contribution in [0.15, 0.2) is 47.1 Å². The van der Waals surface area contributed by atoms with Gasteiger partial charge in [-0.1, -0.05) is 42.9 Å². The summed E-state index contributed by atoms with van der Waals surface area (Å²) >= 11 is 0. The van der Waals surface area contributed by atoms with Crippen LogP contribution in [0.4, 0.5) is 0 Å². The second-order valence-corrected chi connectivity index (χ2v) is 11.1. The number of allylic oxidation sites excluding steroid dienone is 7. The molecule has 0 spiro atoms. The first-order chi connectivity index (χ1) is 14.6. The van der Waals surface area contributed by atoms with Crippen LogP contribution in [0.2, 0.25) is 0 Å². The number of carbonyl (C=O) groups is 2. The average molecular weight is 425 g/mol. The van der Waals surface area contributed by atoms with Gasteiger partial charge in [0.1, 0.15) is 12.7 Å². The van der Waals surface area contributed by atoms with Crippen molar-refractivity contribution in [1.29, 1.82) is 0 Å². The smallest absolute Gasteiger partial charge is 0.311 e. The molecule has 0 amide bonds. The summed E-state index contributed by atoms with van der Waals surface area (Å²) in [4.78, 5) is 23.6. The highest BCUT2D eigenvalue weighted by molar-refractivity contribution is 5.75. The van der Waals surface area contributed by atoms with Gasteiger partial charge >= 0.3 is 5.97 Å². The number of fused-ring (bicyclic) bond motifs is 4. The van der Waals surface area contributed by atoms with Crippen molar-refractivity contribution in [1.82, 2.24) is 0 Å². The molecule has 0 radical (unpaired) electrons. The molecule has 0 aromatic heterocycles. The van der Waals surface area contributed by atoms with Crippen molar-refractivity contribution in [2.24, 2.45) is 28.1 Å². The lowest BCUT2D eigenvalue weighted by atomic mass is 9.54. The molecule has 1 unspecified atom stereocenters. The Morgan fingerprint density at radius 3 is 2.77 bits per heavy atom. The third kappa shape index (κ3) is 3.52. The monoisotopic (exact) mass is 424 g/mol. The summed E-state index contributed by atoms with van der Waals surface area (Å²) < 4.78 is 11.3. The molecule has 0 N–H and O–H groups in total. The molecule has 0 saturated heterocycles. The van der Waals surface area contributed by atoms with Crippen molar-refractivity contribution < 1.29 is 19.1 Å². The van der Waals surface area contributed by atoms with Gasteiger partial charge in [-0.2, -0.15) is 0 Å². The second-order valence-electron chi connectivity index (χ2n) is 11.1. The maximum atomic E-state index is 12.5. The fourth-order valence-electron chi connectivity index (χ4n) is 6.62.